The molecule has 2 N–H and O–H groups in total. The zero-order chi connectivity index (χ0) is 18.2. The Hall–Kier alpha value is -2.47. The molecule has 2 rings (SSSR count). The molecule has 1 aromatic carbocycles. The second-order valence-electron chi connectivity index (χ2n) is 5.96. The SMILES string of the molecule is CCN(CC)CCNC(=O)c1cccc(Nc2nc(C)cc(C)n2)c1. The van der Waals surface area contributed by atoms with Gasteiger partial charge in [0.1, 0.15) is 0 Å². The summed E-state index contributed by atoms with van der Waals surface area (Å²) in [5.74, 6) is 0.466. The summed E-state index contributed by atoms with van der Waals surface area (Å²) in [6.07, 6.45) is 0. The minimum Gasteiger partial charge on any atom is -0.351 e. The van der Waals surface area contributed by atoms with Crippen molar-refractivity contribution in [3.63, 3.8) is 0 Å². The summed E-state index contributed by atoms with van der Waals surface area (Å²) in [5.41, 5.74) is 3.22. The molecule has 0 saturated carbocycles. The number of carbonyl (C=O) groups excluding carboxylic acids is 1. The molecule has 6 heteroatoms. The van der Waals surface area contributed by atoms with Crippen LogP contribution in [0.25, 0.3) is 0 Å². The zero-order valence-electron chi connectivity index (χ0n) is 15.5. The van der Waals surface area contributed by atoms with Crippen LogP contribution in [0.1, 0.15) is 35.6 Å². The van der Waals surface area contributed by atoms with E-state index in [1.165, 1.54) is 0 Å². The van der Waals surface area contributed by atoms with Crippen molar-refractivity contribution in [1.29, 1.82) is 0 Å². The Labute approximate surface area is 149 Å². The first-order valence-corrected chi connectivity index (χ1v) is 8.71. The van der Waals surface area contributed by atoms with E-state index in [9.17, 15) is 4.79 Å². The first kappa shape index (κ1) is 18.9. The lowest BCUT2D eigenvalue weighted by Gasteiger charge is -2.18. The average Bonchev–Trinajstić information content (AvgIpc) is 2.58. The predicted molar refractivity (Wildman–Crippen MR) is 101 cm³/mol. The molecule has 1 amide bonds. The maximum atomic E-state index is 12.3. The normalized spacial score (nSPS) is 10.8. The molecule has 0 saturated heterocycles. The van der Waals surface area contributed by atoms with Crippen molar-refractivity contribution in [1.82, 2.24) is 20.2 Å². The molecular formula is C19H27N5O. The van der Waals surface area contributed by atoms with E-state index in [1.54, 1.807) is 6.07 Å². The van der Waals surface area contributed by atoms with Gasteiger partial charge in [0.15, 0.2) is 0 Å². The van der Waals surface area contributed by atoms with Crippen molar-refractivity contribution in [2.24, 2.45) is 0 Å². The zero-order valence-corrected chi connectivity index (χ0v) is 15.5. The van der Waals surface area contributed by atoms with Gasteiger partial charge in [0.05, 0.1) is 0 Å². The van der Waals surface area contributed by atoms with Gasteiger partial charge in [0, 0.05) is 35.7 Å². The van der Waals surface area contributed by atoms with E-state index < -0.39 is 0 Å². The third-order valence-electron chi connectivity index (χ3n) is 3.97. The minimum absolute atomic E-state index is 0.0721. The number of benzene rings is 1. The highest BCUT2D eigenvalue weighted by Crippen LogP contribution is 2.15. The molecule has 0 aliphatic carbocycles. The number of rotatable bonds is 8. The molecule has 1 heterocycles. The molecule has 0 atom stereocenters. The summed E-state index contributed by atoms with van der Waals surface area (Å²) < 4.78 is 0. The Balaban J connectivity index is 1.99. The second-order valence-corrected chi connectivity index (χ2v) is 5.96. The maximum Gasteiger partial charge on any atom is 0.251 e. The molecule has 0 unspecified atom stereocenters. The lowest BCUT2D eigenvalue weighted by Crippen LogP contribution is -2.34. The van der Waals surface area contributed by atoms with Crippen LogP contribution in [-0.2, 0) is 0 Å². The standard InChI is InChI=1S/C19H27N5O/c1-5-24(6-2)11-10-20-18(25)16-8-7-9-17(13-16)23-19-21-14(3)12-15(4)22-19/h7-9,12-13H,5-6,10-11H2,1-4H3,(H,20,25)(H,21,22,23). The highest BCUT2D eigenvalue weighted by molar-refractivity contribution is 5.95. The van der Waals surface area contributed by atoms with E-state index in [1.807, 2.05) is 38.1 Å². The van der Waals surface area contributed by atoms with Gasteiger partial charge in [-0.3, -0.25) is 4.79 Å². The third-order valence-corrected chi connectivity index (χ3v) is 3.97. The Kier molecular flexibility index (Phi) is 6.89. The molecule has 0 spiro atoms. The van der Waals surface area contributed by atoms with Gasteiger partial charge in [-0.25, -0.2) is 9.97 Å². The van der Waals surface area contributed by atoms with Crippen LogP contribution < -0.4 is 10.6 Å². The molecule has 0 bridgehead atoms. The van der Waals surface area contributed by atoms with Gasteiger partial charge in [-0.2, -0.15) is 0 Å². The fraction of sp³-hybridized carbons (Fsp3) is 0.421. The monoisotopic (exact) mass is 341 g/mol. The Bertz CT molecular complexity index is 692. The summed E-state index contributed by atoms with van der Waals surface area (Å²) >= 11 is 0. The van der Waals surface area contributed by atoms with Crippen LogP contribution in [0.2, 0.25) is 0 Å². The van der Waals surface area contributed by atoms with Crippen molar-refractivity contribution in [3.05, 3.63) is 47.3 Å². The van der Waals surface area contributed by atoms with Gasteiger partial charge in [-0.05, 0) is 51.2 Å². The number of aryl methyl sites for hydroxylation is 2. The third kappa shape index (κ3) is 5.83. The lowest BCUT2D eigenvalue weighted by molar-refractivity contribution is 0.0949. The predicted octanol–water partition coefficient (Wildman–Crippen LogP) is 2.91. The number of hydrogen-bond donors (Lipinski definition) is 2. The van der Waals surface area contributed by atoms with Gasteiger partial charge >= 0.3 is 0 Å². The summed E-state index contributed by atoms with van der Waals surface area (Å²) in [6.45, 7) is 11.6. The molecular weight excluding hydrogens is 314 g/mol. The van der Waals surface area contributed by atoms with Gasteiger partial charge in [0.25, 0.3) is 5.91 Å². The van der Waals surface area contributed by atoms with E-state index in [0.717, 1.165) is 36.7 Å². The van der Waals surface area contributed by atoms with Gasteiger partial charge in [-0.15, -0.1) is 0 Å². The maximum absolute atomic E-state index is 12.3. The molecule has 134 valence electrons. The molecule has 1 aromatic heterocycles. The minimum atomic E-state index is -0.0721. The average molecular weight is 341 g/mol. The number of anilines is 2. The fourth-order valence-corrected chi connectivity index (χ4v) is 2.62. The number of carbonyl (C=O) groups is 1. The number of nitrogens with one attached hydrogen (secondary N) is 2. The Morgan fingerprint density at radius 2 is 1.76 bits per heavy atom. The van der Waals surface area contributed by atoms with Gasteiger partial charge < -0.3 is 15.5 Å². The van der Waals surface area contributed by atoms with Crippen molar-refractivity contribution in [2.45, 2.75) is 27.7 Å². The molecule has 6 nitrogen and oxygen atoms in total. The van der Waals surface area contributed by atoms with E-state index in [0.29, 0.717) is 18.1 Å². The Morgan fingerprint density at radius 3 is 2.40 bits per heavy atom. The van der Waals surface area contributed by atoms with Crippen molar-refractivity contribution < 1.29 is 4.79 Å². The second kappa shape index (κ2) is 9.13. The fourth-order valence-electron chi connectivity index (χ4n) is 2.62. The molecule has 0 radical (unpaired) electrons. The molecule has 0 fully saturated rings. The van der Waals surface area contributed by atoms with E-state index in [-0.39, 0.29) is 5.91 Å². The van der Waals surface area contributed by atoms with Crippen LogP contribution >= 0.6 is 0 Å². The van der Waals surface area contributed by atoms with E-state index in [2.05, 4.69) is 39.3 Å². The van der Waals surface area contributed by atoms with Gasteiger partial charge in [-0.1, -0.05) is 19.9 Å². The summed E-state index contributed by atoms with van der Waals surface area (Å²) in [6, 6.07) is 9.29. The summed E-state index contributed by atoms with van der Waals surface area (Å²) in [5, 5.41) is 6.13. The van der Waals surface area contributed by atoms with Crippen LogP contribution in [-0.4, -0.2) is 47.0 Å². The van der Waals surface area contributed by atoms with E-state index >= 15 is 0 Å². The van der Waals surface area contributed by atoms with Crippen molar-refractivity contribution >= 4 is 17.5 Å². The summed E-state index contributed by atoms with van der Waals surface area (Å²) in [4.78, 5) is 23.3. The number of nitrogens with zero attached hydrogens (tertiary/aromatic N) is 3. The quantitative estimate of drug-likeness (QED) is 0.772. The highest BCUT2D eigenvalue weighted by Gasteiger charge is 2.08. The van der Waals surface area contributed by atoms with Crippen LogP contribution in [0.4, 0.5) is 11.6 Å². The largest absolute Gasteiger partial charge is 0.351 e. The molecule has 2 aromatic rings. The van der Waals surface area contributed by atoms with Crippen LogP contribution in [0.15, 0.2) is 30.3 Å². The van der Waals surface area contributed by atoms with Crippen molar-refractivity contribution in [2.75, 3.05) is 31.5 Å². The van der Waals surface area contributed by atoms with Crippen LogP contribution in [0, 0.1) is 13.8 Å². The number of hydrogen-bond acceptors (Lipinski definition) is 5. The molecule has 0 aliphatic heterocycles. The molecule has 25 heavy (non-hydrogen) atoms. The topological polar surface area (TPSA) is 70.2 Å². The van der Waals surface area contributed by atoms with Crippen molar-refractivity contribution in [3.8, 4) is 0 Å². The van der Waals surface area contributed by atoms with Gasteiger partial charge in [0.2, 0.25) is 5.95 Å². The van der Waals surface area contributed by atoms with Crippen LogP contribution in [0.5, 0.6) is 0 Å². The smallest absolute Gasteiger partial charge is 0.251 e. The highest BCUT2D eigenvalue weighted by atomic mass is 16.1. The first-order chi connectivity index (χ1) is 12.0. The first-order valence-electron chi connectivity index (χ1n) is 8.71. The summed E-state index contributed by atoms with van der Waals surface area (Å²) in [7, 11) is 0. The number of likely N-dealkylation sites (N-methyl/N-ethyl adjacent to an activating group) is 1. The number of amides is 1. The Morgan fingerprint density at radius 1 is 1.08 bits per heavy atom. The van der Waals surface area contributed by atoms with E-state index in [4.69, 9.17) is 0 Å². The van der Waals surface area contributed by atoms with Crippen LogP contribution in [0.3, 0.4) is 0 Å². The number of aromatic nitrogens is 2. The lowest BCUT2D eigenvalue weighted by atomic mass is 10.2. The molecule has 0 aliphatic rings.